The van der Waals surface area contributed by atoms with E-state index >= 15 is 0 Å². The maximum atomic E-state index is 12.9. The molecule has 48 heavy (non-hydrogen) atoms. The Labute approximate surface area is 294 Å². The quantitative estimate of drug-likeness (QED) is 0.0415. The van der Waals surface area contributed by atoms with Gasteiger partial charge in [0.2, 0.25) is 0 Å². The lowest BCUT2D eigenvalue weighted by atomic mass is 9.86. The molecule has 0 aliphatic heterocycles. The standard InChI is InChI=1S/C37H64N2O8S/c1-38(2)24-14-28-48-37(44)39(25-9-10-27-40)26-13-23-36(43)47-33(29-45-34(41)21-11-19-31-15-5-3-6-16-31)30-46-35(42)22-12-20-32-17-7-4-8-18-32/h27,31-33H,3-26,28-30H2,1-2H3. The first-order valence-corrected chi connectivity index (χ1v) is 19.8. The first-order chi connectivity index (χ1) is 23.3. The van der Waals surface area contributed by atoms with Crippen LogP contribution in [0.5, 0.6) is 0 Å². The first kappa shape index (κ1) is 42.0. The van der Waals surface area contributed by atoms with Gasteiger partial charge in [-0.1, -0.05) is 76.0 Å². The first-order valence-electron chi connectivity index (χ1n) is 18.8. The molecule has 1 amide bonds. The van der Waals surface area contributed by atoms with Crippen LogP contribution in [0, 0.1) is 11.8 Å². The molecule has 10 nitrogen and oxygen atoms in total. The zero-order chi connectivity index (χ0) is 34.8. The number of aldehydes is 1. The molecule has 2 aliphatic carbocycles. The van der Waals surface area contributed by atoms with Crippen molar-refractivity contribution in [1.82, 2.24) is 9.80 Å². The molecule has 2 saturated carbocycles. The van der Waals surface area contributed by atoms with Crippen LogP contribution in [0.15, 0.2) is 0 Å². The number of hydrogen-bond donors (Lipinski definition) is 0. The number of ether oxygens (including phenoxy) is 3. The zero-order valence-electron chi connectivity index (χ0n) is 30.0. The highest BCUT2D eigenvalue weighted by Crippen LogP contribution is 2.28. The van der Waals surface area contributed by atoms with E-state index in [1.54, 1.807) is 4.90 Å². The predicted molar refractivity (Wildman–Crippen MR) is 190 cm³/mol. The molecular formula is C37H64N2O8S. The SMILES string of the molecule is CN(C)CCCSC(=O)N(CCCC=O)CCCC(=O)OC(COC(=O)CCCC1CCCCC1)COC(=O)CCCC1CCCCC1. The van der Waals surface area contributed by atoms with Crippen molar-refractivity contribution in [2.24, 2.45) is 11.8 Å². The molecule has 11 heteroatoms. The van der Waals surface area contributed by atoms with Crippen LogP contribution in [0.3, 0.4) is 0 Å². The van der Waals surface area contributed by atoms with Gasteiger partial charge in [-0.25, -0.2) is 0 Å². The van der Waals surface area contributed by atoms with Crippen LogP contribution in [0.1, 0.15) is 135 Å². The predicted octanol–water partition coefficient (Wildman–Crippen LogP) is 7.35. The third-order valence-electron chi connectivity index (χ3n) is 9.39. The van der Waals surface area contributed by atoms with Crippen molar-refractivity contribution in [3.05, 3.63) is 0 Å². The average Bonchev–Trinajstić information content (AvgIpc) is 3.08. The number of nitrogens with zero attached hydrogens (tertiary/aromatic N) is 2. The smallest absolute Gasteiger partial charge is 0.306 e. The summed E-state index contributed by atoms with van der Waals surface area (Å²) in [5.41, 5.74) is 0. The van der Waals surface area contributed by atoms with Gasteiger partial charge in [0.15, 0.2) is 6.10 Å². The lowest BCUT2D eigenvalue weighted by Gasteiger charge is -2.23. The van der Waals surface area contributed by atoms with Crippen LogP contribution in [0.4, 0.5) is 4.79 Å². The van der Waals surface area contributed by atoms with E-state index in [1.165, 1.54) is 76.0 Å². The lowest BCUT2D eigenvalue weighted by molar-refractivity contribution is -0.167. The van der Waals surface area contributed by atoms with Gasteiger partial charge in [0, 0.05) is 44.5 Å². The van der Waals surface area contributed by atoms with Gasteiger partial charge in [0.05, 0.1) is 0 Å². The number of thioether (sulfide) groups is 1. The number of amides is 1. The third kappa shape index (κ3) is 21.1. The number of rotatable bonds is 25. The van der Waals surface area contributed by atoms with Crippen molar-refractivity contribution >= 4 is 41.2 Å². The van der Waals surface area contributed by atoms with E-state index in [-0.39, 0.29) is 36.8 Å². The summed E-state index contributed by atoms with van der Waals surface area (Å²) in [5, 5.41) is -0.0586. The third-order valence-corrected chi connectivity index (χ3v) is 10.4. The van der Waals surface area contributed by atoms with Crippen molar-refractivity contribution in [3.63, 3.8) is 0 Å². The molecule has 0 aromatic heterocycles. The molecule has 0 saturated heterocycles. The number of unbranched alkanes of at least 4 members (excludes halogenated alkanes) is 1. The zero-order valence-corrected chi connectivity index (χ0v) is 30.8. The summed E-state index contributed by atoms with van der Waals surface area (Å²) in [4.78, 5) is 65.3. The highest BCUT2D eigenvalue weighted by molar-refractivity contribution is 8.13. The molecular weight excluding hydrogens is 632 g/mol. The Morgan fingerprint density at radius 3 is 1.73 bits per heavy atom. The van der Waals surface area contributed by atoms with Crippen molar-refractivity contribution in [2.45, 2.75) is 141 Å². The van der Waals surface area contributed by atoms with E-state index in [4.69, 9.17) is 14.2 Å². The van der Waals surface area contributed by atoms with Crippen LogP contribution in [0.25, 0.3) is 0 Å². The second-order valence-electron chi connectivity index (χ2n) is 13.9. The number of esters is 3. The molecule has 2 fully saturated rings. The number of hydrogen-bond acceptors (Lipinski definition) is 10. The fraction of sp³-hybridized carbons (Fsp3) is 0.865. The topological polar surface area (TPSA) is 120 Å². The van der Waals surface area contributed by atoms with Crippen LogP contribution in [-0.2, 0) is 33.4 Å². The Morgan fingerprint density at radius 1 is 0.688 bits per heavy atom. The Hall–Kier alpha value is -2.14. The number of carbonyl (C=O) groups is 5. The Kier molecular flexibility index (Phi) is 23.4. The Bertz CT molecular complexity index is 881. The number of carbonyl (C=O) groups excluding carboxylic acids is 5. The summed E-state index contributed by atoms with van der Waals surface area (Å²) in [6.45, 7) is 1.38. The molecule has 0 atom stereocenters. The fourth-order valence-electron chi connectivity index (χ4n) is 6.60. The summed E-state index contributed by atoms with van der Waals surface area (Å²) in [5.74, 6) is 0.909. The van der Waals surface area contributed by atoms with Gasteiger partial charge < -0.3 is 28.8 Å². The van der Waals surface area contributed by atoms with Gasteiger partial charge in [0.25, 0.3) is 5.24 Å². The molecule has 276 valence electrons. The van der Waals surface area contributed by atoms with Gasteiger partial charge in [0.1, 0.15) is 19.5 Å². The normalized spacial score (nSPS) is 15.8. The van der Waals surface area contributed by atoms with Gasteiger partial charge in [-0.3, -0.25) is 19.2 Å². The summed E-state index contributed by atoms with van der Waals surface area (Å²) >= 11 is 1.26. The maximum Gasteiger partial charge on any atom is 0.306 e. The Balaban J connectivity index is 1.81. The lowest BCUT2D eigenvalue weighted by Crippen LogP contribution is -2.32. The maximum absolute atomic E-state index is 12.9. The largest absolute Gasteiger partial charge is 0.462 e. The minimum Gasteiger partial charge on any atom is -0.462 e. The average molecular weight is 697 g/mol. The molecule has 2 rings (SSSR count). The van der Waals surface area contributed by atoms with Crippen LogP contribution in [-0.4, -0.2) is 98.0 Å². The molecule has 0 aromatic carbocycles. The van der Waals surface area contributed by atoms with Crippen molar-refractivity contribution in [2.75, 3.05) is 52.7 Å². The molecule has 0 heterocycles. The Morgan fingerprint density at radius 2 is 1.21 bits per heavy atom. The van der Waals surface area contributed by atoms with E-state index < -0.39 is 12.1 Å². The summed E-state index contributed by atoms with van der Waals surface area (Å²) < 4.78 is 16.6. The molecule has 0 aromatic rings. The molecule has 0 N–H and O–H groups in total. The minimum absolute atomic E-state index is 0.0586. The second-order valence-corrected chi connectivity index (χ2v) is 15.0. The molecule has 0 bridgehead atoms. The van der Waals surface area contributed by atoms with Gasteiger partial charge in [-0.05, 0) is 77.4 Å². The van der Waals surface area contributed by atoms with Crippen LogP contribution >= 0.6 is 11.8 Å². The van der Waals surface area contributed by atoms with Gasteiger partial charge in [-0.2, -0.15) is 0 Å². The van der Waals surface area contributed by atoms with Gasteiger partial charge >= 0.3 is 17.9 Å². The second kappa shape index (κ2) is 26.7. The van der Waals surface area contributed by atoms with E-state index in [0.29, 0.717) is 62.8 Å². The summed E-state index contributed by atoms with van der Waals surface area (Å²) in [6, 6.07) is 0. The molecule has 0 unspecified atom stereocenters. The minimum atomic E-state index is -0.889. The van der Waals surface area contributed by atoms with E-state index in [1.807, 2.05) is 14.1 Å². The highest BCUT2D eigenvalue weighted by Gasteiger charge is 2.22. The van der Waals surface area contributed by atoms with E-state index in [0.717, 1.165) is 44.9 Å². The van der Waals surface area contributed by atoms with Crippen molar-refractivity contribution in [3.8, 4) is 0 Å². The van der Waals surface area contributed by atoms with Crippen molar-refractivity contribution < 1.29 is 38.2 Å². The summed E-state index contributed by atoms with van der Waals surface area (Å²) in [6.07, 6.45) is 19.1. The van der Waals surface area contributed by atoms with E-state index in [9.17, 15) is 24.0 Å². The molecule has 2 aliphatic rings. The molecule has 0 radical (unpaired) electrons. The van der Waals surface area contributed by atoms with E-state index in [2.05, 4.69) is 4.90 Å². The monoisotopic (exact) mass is 696 g/mol. The summed E-state index contributed by atoms with van der Waals surface area (Å²) in [7, 11) is 3.99. The van der Waals surface area contributed by atoms with Crippen LogP contribution in [0.2, 0.25) is 0 Å². The van der Waals surface area contributed by atoms with Crippen LogP contribution < -0.4 is 0 Å². The van der Waals surface area contributed by atoms with Crippen molar-refractivity contribution in [1.29, 1.82) is 0 Å². The fourth-order valence-corrected chi connectivity index (χ4v) is 7.42. The molecule has 0 spiro atoms. The van der Waals surface area contributed by atoms with Gasteiger partial charge in [-0.15, -0.1) is 0 Å². The highest BCUT2D eigenvalue weighted by atomic mass is 32.2.